The van der Waals surface area contributed by atoms with Gasteiger partial charge in [0.25, 0.3) is 5.91 Å². The number of amides is 1. The molecule has 1 fully saturated rings. The average Bonchev–Trinajstić information content (AvgIpc) is 2.82. The van der Waals surface area contributed by atoms with E-state index in [2.05, 4.69) is 39.2 Å². The fraction of sp³-hybridized carbons (Fsp3) is 0.619. The summed E-state index contributed by atoms with van der Waals surface area (Å²) in [5.41, 5.74) is 0.374. The molecular formula is C21H31NO4Si. The largest absolute Gasteiger partial charge is 0.417 e. The van der Waals surface area contributed by atoms with Crippen molar-refractivity contribution in [2.24, 2.45) is 0 Å². The predicted octanol–water partition coefficient (Wildman–Crippen LogP) is 4.38. The minimum absolute atomic E-state index is 0.0865. The summed E-state index contributed by atoms with van der Waals surface area (Å²) in [6.45, 7) is 11.8. The lowest BCUT2D eigenvalue weighted by molar-refractivity contribution is -0.170. The summed E-state index contributed by atoms with van der Waals surface area (Å²) < 4.78 is 12.5. The molecular weight excluding hydrogens is 358 g/mol. The van der Waals surface area contributed by atoms with Crippen LogP contribution in [-0.2, 0) is 24.4 Å². The van der Waals surface area contributed by atoms with E-state index < -0.39 is 13.9 Å². The summed E-state index contributed by atoms with van der Waals surface area (Å²) in [5, 5.41) is 3.05. The number of ether oxygens (including phenoxy) is 1. The lowest BCUT2D eigenvalue weighted by atomic mass is 9.84. The highest BCUT2D eigenvalue weighted by Gasteiger charge is 2.53. The van der Waals surface area contributed by atoms with Crippen molar-refractivity contribution in [3.63, 3.8) is 0 Å². The van der Waals surface area contributed by atoms with Crippen molar-refractivity contribution in [3.8, 4) is 0 Å². The molecule has 0 bridgehead atoms. The van der Waals surface area contributed by atoms with Gasteiger partial charge >= 0.3 is 0 Å². The Balaban J connectivity index is 1.64. The number of Topliss-reactive ketones (excluding diaryl/α,β-unsaturated/α-hetero) is 1. The highest BCUT2D eigenvalue weighted by atomic mass is 28.4. The zero-order valence-electron chi connectivity index (χ0n) is 17.1. The molecule has 1 N–H and O–H groups in total. The van der Waals surface area contributed by atoms with E-state index in [4.69, 9.17) is 9.16 Å². The predicted molar refractivity (Wildman–Crippen MR) is 108 cm³/mol. The fourth-order valence-electron chi connectivity index (χ4n) is 3.57. The van der Waals surface area contributed by atoms with E-state index in [0.29, 0.717) is 13.0 Å². The van der Waals surface area contributed by atoms with Crippen molar-refractivity contribution in [2.75, 3.05) is 11.9 Å². The highest BCUT2D eigenvalue weighted by Crippen LogP contribution is 2.45. The molecule has 0 saturated carbocycles. The summed E-state index contributed by atoms with van der Waals surface area (Å²) in [6, 6.07) is 7.49. The molecule has 27 heavy (non-hydrogen) atoms. The SMILES string of the molecule is CC(C)(C)[Si](C)(C)OCCC[C@@H]1CC(=O)C[C@@]2(O1)C(=O)Nc1ccccc12. The van der Waals surface area contributed by atoms with Crippen LogP contribution in [0.1, 0.15) is 52.0 Å². The van der Waals surface area contributed by atoms with Crippen molar-refractivity contribution in [1.82, 2.24) is 0 Å². The van der Waals surface area contributed by atoms with Crippen molar-refractivity contribution in [2.45, 2.75) is 76.3 Å². The van der Waals surface area contributed by atoms with Crippen LogP contribution < -0.4 is 5.32 Å². The molecule has 148 valence electrons. The van der Waals surface area contributed by atoms with Crippen LogP contribution in [0.2, 0.25) is 18.1 Å². The number of anilines is 1. The molecule has 1 aromatic rings. The number of nitrogens with one attached hydrogen (secondary N) is 1. The first-order valence-corrected chi connectivity index (χ1v) is 12.7. The standard InChI is InChI=1S/C21H31NO4Si/c1-20(2,3)27(4,5)25-12-8-9-16-13-15(23)14-21(26-16)17-10-6-7-11-18(17)22-19(21)24/h6-7,10-11,16H,8-9,12-14H2,1-5H3,(H,22,24)/t16-,21+/m1/s1. The number of ketones is 1. The molecule has 3 rings (SSSR count). The summed E-state index contributed by atoms with van der Waals surface area (Å²) >= 11 is 0. The van der Waals surface area contributed by atoms with Gasteiger partial charge in [-0.25, -0.2) is 0 Å². The van der Waals surface area contributed by atoms with Crippen molar-refractivity contribution >= 4 is 25.7 Å². The Kier molecular flexibility index (Phi) is 5.36. The third-order valence-electron chi connectivity index (χ3n) is 6.19. The van der Waals surface area contributed by atoms with Gasteiger partial charge in [-0.05, 0) is 37.0 Å². The first-order valence-electron chi connectivity index (χ1n) is 9.80. The van der Waals surface area contributed by atoms with Crippen LogP contribution in [0, 0.1) is 0 Å². The van der Waals surface area contributed by atoms with Gasteiger partial charge in [0.2, 0.25) is 0 Å². The van der Waals surface area contributed by atoms with Gasteiger partial charge in [0, 0.05) is 30.7 Å². The van der Waals surface area contributed by atoms with E-state index in [1.54, 1.807) is 0 Å². The molecule has 0 unspecified atom stereocenters. The summed E-state index contributed by atoms with van der Waals surface area (Å²) in [4.78, 5) is 25.1. The first kappa shape index (κ1) is 20.2. The molecule has 5 nitrogen and oxygen atoms in total. The van der Waals surface area contributed by atoms with Gasteiger partial charge in [-0.2, -0.15) is 0 Å². The maximum absolute atomic E-state index is 12.7. The highest BCUT2D eigenvalue weighted by molar-refractivity contribution is 6.74. The van der Waals surface area contributed by atoms with Gasteiger partial charge in [0.05, 0.1) is 6.10 Å². The quantitative estimate of drug-likeness (QED) is 0.599. The van der Waals surface area contributed by atoms with Gasteiger partial charge in [-0.1, -0.05) is 39.0 Å². The monoisotopic (exact) mass is 389 g/mol. The third-order valence-corrected chi connectivity index (χ3v) is 10.7. The number of para-hydroxylation sites is 1. The van der Waals surface area contributed by atoms with Crippen LogP contribution in [0.15, 0.2) is 24.3 Å². The van der Waals surface area contributed by atoms with Crippen LogP contribution in [0.4, 0.5) is 5.69 Å². The van der Waals surface area contributed by atoms with E-state index in [1.807, 2.05) is 24.3 Å². The lowest BCUT2D eigenvalue weighted by Gasteiger charge is -2.37. The zero-order chi connectivity index (χ0) is 19.9. The second kappa shape index (κ2) is 7.15. The molecule has 0 aromatic heterocycles. The van der Waals surface area contributed by atoms with E-state index in [-0.39, 0.29) is 29.3 Å². The summed E-state index contributed by atoms with van der Waals surface area (Å²) in [5.74, 6) is -0.136. The topological polar surface area (TPSA) is 64.6 Å². The Bertz CT molecular complexity index is 740. The van der Waals surface area contributed by atoms with Crippen molar-refractivity contribution in [3.05, 3.63) is 29.8 Å². The van der Waals surface area contributed by atoms with E-state index in [9.17, 15) is 9.59 Å². The Morgan fingerprint density at radius 3 is 2.67 bits per heavy atom. The van der Waals surface area contributed by atoms with Crippen molar-refractivity contribution < 1.29 is 18.8 Å². The number of fused-ring (bicyclic) bond motifs is 2. The van der Waals surface area contributed by atoms with Crippen LogP contribution in [0.25, 0.3) is 0 Å². The molecule has 2 atom stereocenters. The Hall–Kier alpha value is -1.50. The number of benzene rings is 1. The summed E-state index contributed by atoms with van der Waals surface area (Å²) in [7, 11) is -1.77. The fourth-order valence-corrected chi connectivity index (χ4v) is 4.66. The number of hydrogen-bond donors (Lipinski definition) is 1. The van der Waals surface area contributed by atoms with Gasteiger partial charge in [-0.15, -0.1) is 0 Å². The Morgan fingerprint density at radius 1 is 1.26 bits per heavy atom. The van der Waals surface area contributed by atoms with Gasteiger partial charge in [-0.3, -0.25) is 9.59 Å². The molecule has 0 aliphatic carbocycles. The number of hydrogen-bond acceptors (Lipinski definition) is 4. The Morgan fingerprint density at radius 2 is 1.96 bits per heavy atom. The number of carbonyl (C=O) groups is 2. The van der Waals surface area contributed by atoms with Gasteiger partial charge in [0.1, 0.15) is 5.78 Å². The Labute approximate surface area is 162 Å². The molecule has 2 aliphatic heterocycles. The van der Waals surface area contributed by atoms with Gasteiger partial charge < -0.3 is 14.5 Å². The van der Waals surface area contributed by atoms with Crippen LogP contribution >= 0.6 is 0 Å². The number of carbonyl (C=O) groups excluding carboxylic acids is 2. The van der Waals surface area contributed by atoms with E-state index in [0.717, 1.165) is 24.1 Å². The minimum atomic E-state index is -1.77. The lowest BCUT2D eigenvalue weighted by Crippen LogP contribution is -2.47. The maximum atomic E-state index is 12.7. The smallest absolute Gasteiger partial charge is 0.261 e. The van der Waals surface area contributed by atoms with E-state index in [1.165, 1.54) is 0 Å². The zero-order valence-corrected chi connectivity index (χ0v) is 18.1. The minimum Gasteiger partial charge on any atom is -0.417 e. The van der Waals surface area contributed by atoms with Crippen LogP contribution in [-0.4, -0.2) is 32.7 Å². The van der Waals surface area contributed by atoms with E-state index >= 15 is 0 Å². The molecule has 1 amide bonds. The average molecular weight is 390 g/mol. The third kappa shape index (κ3) is 3.88. The molecule has 6 heteroatoms. The van der Waals surface area contributed by atoms with Crippen LogP contribution in [0.3, 0.4) is 0 Å². The first-order chi connectivity index (χ1) is 12.6. The molecule has 1 saturated heterocycles. The summed E-state index contributed by atoms with van der Waals surface area (Å²) in [6.07, 6.45) is 1.79. The van der Waals surface area contributed by atoms with Crippen molar-refractivity contribution in [1.29, 1.82) is 0 Å². The number of rotatable bonds is 5. The maximum Gasteiger partial charge on any atom is 0.261 e. The second-order valence-electron chi connectivity index (χ2n) is 9.24. The van der Waals surface area contributed by atoms with Crippen LogP contribution in [0.5, 0.6) is 0 Å². The molecule has 1 aromatic carbocycles. The molecule has 0 radical (unpaired) electrons. The molecule has 2 heterocycles. The normalized spacial score (nSPS) is 25.6. The molecule has 1 spiro atoms. The molecule has 2 aliphatic rings. The van der Waals surface area contributed by atoms with Gasteiger partial charge in [0.15, 0.2) is 13.9 Å². The second-order valence-corrected chi connectivity index (χ2v) is 14.0.